The summed E-state index contributed by atoms with van der Waals surface area (Å²) in [7, 11) is 0. The Bertz CT molecular complexity index is 1260. The molecule has 6 nitrogen and oxygen atoms in total. The number of aromatic nitrogens is 2. The molecule has 2 aromatic rings. The molecule has 7 heteroatoms. The monoisotopic (exact) mass is 630 g/mol. The number of unbranched alkanes of at least 4 members (excludes halogenated alkanes) is 4. The van der Waals surface area contributed by atoms with Gasteiger partial charge in [-0.2, -0.15) is 9.97 Å². The number of benzene rings is 1. The van der Waals surface area contributed by atoms with Crippen molar-refractivity contribution in [3.63, 3.8) is 0 Å². The molecule has 2 aliphatic heterocycles. The number of hydrogen-bond acceptors (Lipinski definition) is 6. The van der Waals surface area contributed by atoms with Gasteiger partial charge in [0.1, 0.15) is 5.82 Å². The highest BCUT2D eigenvalue weighted by atomic mass is 79.9. The maximum Gasteiger partial charge on any atom is 0.318 e. The van der Waals surface area contributed by atoms with Gasteiger partial charge >= 0.3 is 6.01 Å². The van der Waals surface area contributed by atoms with Gasteiger partial charge in [-0.3, -0.25) is 4.99 Å². The SMILES string of the molecule is CC.CCCCCCC(C)(CCCC)COc1nc(N2CCCC(C)(O)C2)c2c3c(c(Br)cc2n1)=NC(C)C(C)C=3. The fourth-order valence-electron chi connectivity index (χ4n) is 6.04. The number of aliphatic hydroxyl groups is 1. The summed E-state index contributed by atoms with van der Waals surface area (Å²) in [6, 6.07) is 2.71. The van der Waals surface area contributed by atoms with Crippen molar-refractivity contribution in [1.29, 1.82) is 0 Å². The first-order valence-electron chi connectivity index (χ1n) is 16.3. The summed E-state index contributed by atoms with van der Waals surface area (Å²) < 4.78 is 7.43. The van der Waals surface area contributed by atoms with E-state index >= 15 is 0 Å². The molecular formula is C34H55BrN4O2. The second-order valence-corrected chi connectivity index (χ2v) is 13.6. The predicted molar refractivity (Wildman–Crippen MR) is 176 cm³/mol. The predicted octanol–water partition coefficient (Wildman–Crippen LogP) is 7.75. The minimum absolute atomic E-state index is 0.103. The third kappa shape index (κ3) is 8.65. The Morgan fingerprint density at radius 2 is 1.80 bits per heavy atom. The van der Waals surface area contributed by atoms with Crippen LogP contribution in [0.5, 0.6) is 6.01 Å². The fourth-order valence-corrected chi connectivity index (χ4v) is 6.58. The van der Waals surface area contributed by atoms with E-state index in [4.69, 9.17) is 19.7 Å². The molecule has 1 N–H and O–H groups in total. The molecule has 1 aromatic heterocycles. The summed E-state index contributed by atoms with van der Waals surface area (Å²) in [6.07, 6.45) is 13.8. The smallest absolute Gasteiger partial charge is 0.318 e. The molecule has 4 rings (SSSR count). The number of β-amino-alcohol motifs (C(OH)–C–C–N with tert-alkyl or cyclic N) is 1. The largest absolute Gasteiger partial charge is 0.463 e. The van der Waals surface area contributed by atoms with Gasteiger partial charge in [0.15, 0.2) is 0 Å². The van der Waals surface area contributed by atoms with E-state index in [9.17, 15) is 5.11 Å². The lowest BCUT2D eigenvalue weighted by Gasteiger charge is -2.38. The number of fused-ring (bicyclic) bond motifs is 3. The van der Waals surface area contributed by atoms with Gasteiger partial charge < -0.3 is 14.7 Å². The normalized spacial score (nSPS) is 23.5. The zero-order valence-electron chi connectivity index (χ0n) is 27.0. The molecule has 0 aliphatic carbocycles. The van der Waals surface area contributed by atoms with Crippen LogP contribution in [0.25, 0.3) is 17.0 Å². The van der Waals surface area contributed by atoms with Crippen LogP contribution in [0.4, 0.5) is 5.82 Å². The van der Waals surface area contributed by atoms with Crippen LogP contribution in [0.1, 0.15) is 120 Å². The highest BCUT2D eigenvalue weighted by molar-refractivity contribution is 9.10. The summed E-state index contributed by atoms with van der Waals surface area (Å²) in [5.74, 6) is 1.17. The first-order chi connectivity index (χ1) is 19.6. The first-order valence-corrected chi connectivity index (χ1v) is 17.1. The van der Waals surface area contributed by atoms with Crippen molar-refractivity contribution >= 4 is 38.7 Å². The second kappa shape index (κ2) is 15.1. The van der Waals surface area contributed by atoms with Crippen LogP contribution in [0.15, 0.2) is 15.5 Å². The van der Waals surface area contributed by atoms with Crippen molar-refractivity contribution in [3.8, 4) is 6.01 Å². The van der Waals surface area contributed by atoms with Crippen molar-refractivity contribution in [3.05, 3.63) is 21.1 Å². The van der Waals surface area contributed by atoms with E-state index < -0.39 is 5.60 Å². The standard InChI is InChI=1S/C32H49BrN4O2.C2H6/c1-7-9-11-12-15-31(5,14-10-8-2)21-39-30-35-26-19-25(33)28-24(18-22(3)23(4)34-28)27(26)29(36-30)37-17-13-16-32(6,38)20-37;1-2/h18-19,22-23,38H,7-17,20-21H2,1-6H3;1-2H3. The van der Waals surface area contributed by atoms with Crippen molar-refractivity contribution in [2.75, 3.05) is 24.6 Å². The Hall–Kier alpha value is -1.73. The van der Waals surface area contributed by atoms with Crippen molar-refractivity contribution in [2.24, 2.45) is 16.3 Å². The van der Waals surface area contributed by atoms with Crippen molar-refractivity contribution in [2.45, 2.75) is 131 Å². The highest BCUT2D eigenvalue weighted by Crippen LogP contribution is 2.34. The van der Waals surface area contributed by atoms with E-state index in [2.05, 4.69) is 67.6 Å². The Morgan fingerprint density at radius 3 is 2.49 bits per heavy atom. The maximum atomic E-state index is 11.0. The van der Waals surface area contributed by atoms with E-state index in [-0.39, 0.29) is 11.5 Å². The molecule has 0 amide bonds. The molecule has 0 saturated carbocycles. The van der Waals surface area contributed by atoms with Gasteiger partial charge in [-0.15, -0.1) is 0 Å². The minimum atomic E-state index is -0.751. The molecule has 0 radical (unpaired) electrons. The third-order valence-corrected chi connectivity index (χ3v) is 9.33. The number of ether oxygens (including phenoxy) is 1. The van der Waals surface area contributed by atoms with E-state index in [1.54, 1.807) is 0 Å². The van der Waals surface area contributed by atoms with Crippen LogP contribution in [0.3, 0.4) is 0 Å². The van der Waals surface area contributed by atoms with Crippen molar-refractivity contribution < 1.29 is 9.84 Å². The van der Waals surface area contributed by atoms with Gasteiger partial charge in [0, 0.05) is 28.2 Å². The number of piperidine rings is 1. The highest BCUT2D eigenvalue weighted by Gasteiger charge is 2.32. The summed E-state index contributed by atoms with van der Waals surface area (Å²) in [5.41, 5.74) is 0.211. The van der Waals surface area contributed by atoms with Crippen LogP contribution < -0.4 is 20.2 Å². The average Bonchev–Trinajstić information content (AvgIpc) is 2.94. The second-order valence-electron chi connectivity index (χ2n) is 12.8. The van der Waals surface area contributed by atoms with E-state index in [1.807, 2.05) is 20.8 Å². The van der Waals surface area contributed by atoms with Crippen LogP contribution in [0.2, 0.25) is 0 Å². The van der Waals surface area contributed by atoms with Gasteiger partial charge in [-0.05, 0) is 67.4 Å². The molecule has 4 atom stereocenters. The van der Waals surface area contributed by atoms with E-state index in [1.165, 1.54) is 38.5 Å². The van der Waals surface area contributed by atoms with Crippen LogP contribution >= 0.6 is 15.9 Å². The third-order valence-electron chi connectivity index (χ3n) is 8.73. The van der Waals surface area contributed by atoms with Crippen molar-refractivity contribution in [1.82, 2.24) is 9.97 Å². The number of rotatable bonds is 12. The molecule has 1 fully saturated rings. The average molecular weight is 632 g/mol. The molecule has 1 aromatic carbocycles. The Kier molecular flexibility index (Phi) is 12.5. The van der Waals surface area contributed by atoms with Gasteiger partial charge in [-0.1, -0.05) is 86.1 Å². The zero-order valence-corrected chi connectivity index (χ0v) is 28.6. The number of hydrogen-bond donors (Lipinski definition) is 1. The van der Waals surface area contributed by atoms with Gasteiger partial charge in [0.25, 0.3) is 0 Å². The van der Waals surface area contributed by atoms with E-state index in [0.29, 0.717) is 25.1 Å². The number of anilines is 1. The summed E-state index contributed by atoms with van der Waals surface area (Å²) >= 11 is 3.79. The number of nitrogens with zero attached hydrogens (tertiary/aromatic N) is 4. The van der Waals surface area contributed by atoms with Crippen LogP contribution in [-0.4, -0.2) is 46.4 Å². The van der Waals surface area contributed by atoms with E-state index in [0.717, 1.165) is 64.0 Å². The number of halogens is 1. The quantitative estimate of drug-likeness (QED) is 0.243. The molecule has 2 aliphatic rings. The molecule has 4 unspecified atom stereocenters. The Labute approximate surface area is 257 Å². The van der Waals surface area contributed by atoms with Gasteiger partial charge in [-0.25, -0.2) is 0 Å². The van der Waals surface area contributed by atoms with Crippen LogP contribution in [0, 0.1) is 11.3 Å². The molecule has 0 spiro atoms. The molecule has 3 heterocycles. The zero-order chi connectivity index (χ0) is 30.2. The maximum absolute atomic E-state index is 11.0. The molecule has 41 heavy (non-hydrogen) atoms. The lowest BCUT2D eigenvalue weighted by atomic mass is 9.81. The first kappa shape index (κ1) is 33.8. The summed E-state index contributed by atoms with van der Waals surface area (Å²) in [5, 5.41) is 14.0. The van der Waals surface area contributed by atoms with Gasteiger partial charge in [0.2, 0.25) is 0 Å². The molecule has 230 valence electrons. The lowest BCUT2D eigenvalue weighted by Crippen LogP contribution is -2.47. The summed E-state index contributed by atoms with van der Waals surface area (Å²) in [6.45, 7) is 19.2. The fraction of sp³-hybridized carbons (Fsp3) is 0.735. The minimum Gasteiger partial charge on any atom is -0.463 e. The topological polar surface area (TPSA) is 70.8 Å². The summed E-state index contributed by atoms with van der Waals surface area (Å²) in [4.78, 5) is 17.3. The molecule has 1 saturated heterocycles. The Morgan fingerprint density at radius 1 is 1.10 bits per heavy atom. The van der Waals surface area contributed by atoms with Crippen LogP contribution in [-0.2, 0) is 0 Å². The molecule has 0 bridgehead atoms. The molecular weight excluding hydrogens is 576 g/mol. The van der Waals surface area contributed by atoms with Gasteiger partial charge in [0.05, 0.1) is 34.5 Å². The lowest BCUT2D eigenvalue weighted by molar-refractivity contribution is 0.0447. The Balaban J connectivity index is 0.00000226.